The molecule has 0 amide bonds. The molecule has 0 heterocycles. The summed E-state index contributed by atoms with van der Waals surface area (Å²) in [7, 11) is 0. The number of alkyl halides is 2. The lowest BCUT2D eigenvalue weighted by molar-refractivity contribution is -0.131. The Labute approximate surface area is 135 Å². The first-order valence-corrected chi connectivity index (χ1v) is 8.02. The Bertz CT molecular complexity index is 567. The van der Waals surface area contributed by atoms with Crippen LogP contribution in [0.3, 0.4) is 0 Å². The largest absolute Gasteiger partial charge is 0.427 e. The summed E-state index contributed by atoms with van der Waals surface area (Å²) in [5.41, 5.74) is 2.32. The molecule has 20 heavy (non-hydrogen) atoms. The minimum Gasteiger partial charge on any atom is -0.427 e. The van der Waals surface area contributed by atoms with E-state index in [4.69, 9.17) is 4.74 Å². The number of halogens is 2. The lowest BCUT2D eigenvalue weighted by Gasteiger charge is -2.18. The summed E-state index contributed by atoms with van der Waals surface area (Å²) < 4.78 is 5.03. The van der Waals surface area contributed by atoms with Crippen LogP contribution in [-0.2, 0) is 4.79 Å². The SMILES string of the molecule is CC(=O)Oc1ccc(C(Br)C(Br)c2ccccc2)cc1. The van der Waals surface area contributed by atoms with Crippen molar-refractivity contribution >= 4 is 37.8 Å². The Morgan fingerprint density at radius 3 is 1.90 bits per heavy atom. The molecule has 0 N–H and O–H groups in total. The summed E-state index contributed by atoms with van der Waals surface area (Å²) >= 11 is 7.42. The van der Waals surface area contributed by atoms with E-state index < -0.39 is 0 Å². The first kappa shape index (κ1) is 15.3. The Morgan fingerprint density at radius 2 is 1.40 bits per heavy atom. The molecule has 104 valence electrons. The molecule has 0 bridgehead atoms. The van der Waals surface area contributed by atoms with Crippen molar-refractivity contribution in [2.45, 2.75) is 16.6 Å². The van der Waals surface area contributed by atoms with E-state index in [0.29, 0.717) is 5.75 Å². The second kappa shape index (κ2) is 7.04. The normalized spacial score (nSPS) is 13.6. The van der Waals surface area contributed by atoms with E-state index in [1.807, 2.05) is 30.3 Å². The second-order valence-electron chi connectivity index (χ2n) is 4.38. The van der Waals surface area contributed by atoms with Crippen molar-refractivity contribution in [2.24, 2.45) is 0 Å². The van der Waals surface area contributed by atoms with Crippen molar-refractivity contribution in [1.82, 2.24) is 0 Å². The summed E-state index contributed by atoms with van der Waals surface area (Å²) in [4.78, 5) is 11.2. The number of hydrogen-bond acceptors (Lipinski definition) is 2. The van der Waals surface area contributed by atoms with Crippen LogP contribution in [0.15, 0.2) is 54.6 Å². The number of carbonyl (C=O) groups excluding carboxylic acids is 1. The first-order valence-electron chi connectivity index (χ1n) is 6.19. The maximum atomic E-state index is 10.9. The smallest absolute Gasteiger partial charge is 0.308 e. The van der Waals surface area contributed by atoms with Crippen LogP contribution in [0.25, 0.3) is 0 Å². The molecule has 0 radical (unpaired) electrons. The van der Waals surface area contributed by atoms with Crippen molar-refractivity contribution in [1.29, 1.82) is 0 Å². The fraction of sp³-hybridized carbons (Fsp3) is 0.188. The Morgan fingerprint density at radius 1 is 0.900 bits per heavy atom. The highest BCUT2D eigenvalue weighted by Crippen LogP contribution is 2.42. The quantitative estimate of drug-likeness (QED) is 0.403. The van der Waals surface area contributed by atoms with Gasteiger partial charge in [-0.15, -0.1) is 0 Å². The van der Waals surface area contributed by atoms with E-state index in [1.165, 1.54) is 12.5 Å². The zero-order chi connectivity index (χ0) is 14.5. The van der Waals surface area contributed by atoms with Crippen molar-refractivity contribution in [3.8, 4) is 5.75 Å². The van der Waals surface area contributed by atoms with Crippen LogP contribution in [0, 0.1) is 0 Å². The fourth-order valence-electron chi connectivity index (χ4n) is 1.86. The van der Waals surface area contributed by atoms with Gasteiger partial charge >= 0.3 is 5.97 Å². The maximum Gasteiger partial charge on any atom is 0.308 e. The standard InChI is InChI=1S/C16H14Br2O2/c1-11(19)20-14-9-7-13(8-10-14)16(18)15(17)12-5-3-2-4-6-12/h2-10,15-16H,1H3. The molecule has 0 aliphatic rings. The highest BCUT2D eigenvalue weighted by Gasteiger charge is 2.19. The molecule has 2 rings (SSSR count). The molecular weight excluding hydrogens is 384 g/mol. The van der Waals surface area contributed by atoms with Crippen molar-refractivity contribution in [3.63, 3.8) is 0 Å². The lowest BCUT2D eigenvalue weighted by Crippen LogP contribution is -2.02. The molecular formula is C16H14Br2O2. The van der Waals surface area contributed by atoms with E-state index >= 15 is 0 Å². The number of ether oxygens (including phenoxy) is 1. The zero-order valence-corrected chi connectivity index (χ0v) is 14.1. The molecule has 0 aliphatic carbocycles. The van der Waals surface area contributed by atoms with Gasteiger partial charge in [-0.25, -0.2) is 0 Å². The predicted molar refractivity (Wildman–Crippen MR) is 87.5 cm³/mol. The zero-order valence-electron chi connectivity index (χ0n) is 10.9. The molecule has 2 nitrogen and oxygen atoms in total. The van der Waals surface area contributed by atoms with E-state index in [2.05, 4.69) is 44.0 Å². The number of esters is 1. The molecule has 0 fully saturated rings. The van der Waals surface area contributed by atoms with Crippen LogP contribution in [0.2, 0.25) is 0 Å². The van der Waals surface area contributed by atoms with Crippen molar-refractivity contribution in [3.05, 3.63) is 65.7 Å². The minimum atomic E-state index is -0.309. The summed E-state index contributed by atoms with van der Waals surface area (Å²) in [5.74, 6) is 0.252. The first-order chi connectivity index (χ1) is 9.58. The fourth-order valence-corrected chi connectivity index (χ4v) is 3.08. The Balaban J connectivity index is 2.13. The molecule has 2 aromatic rings. The summed E-state index contributed by atoms with van der Waals surface area (Å²) in [6, 6.07) is 17.7. The van der Waals surface area contributed by atoms with Gasteiger partial charge in [0.1, 0.15) is 5.75 Å². The number of hydrogen-bond donors (Lipinski definition) is 0. The van der Waals surface area contributed by atoms with Crippen LogP contribution in [0.4, 0.5) is 0 Å². The lowest BCUT2D eigenvalue weighted by atomic mass is 10.0. The third-order valence-electron chi connectivity index (χ3n) is 2.84. The highest BCUT2D eigenvalue weighted by molar-refractivity contribution is 9.12. The molecule has 0 aromatic heterocycles. The molecule has 0 spiro atoms. The van der Waals surface area contributed by atoms with Gasteiger partial charge in [0.15, 0.2) is 0 Å². The summed E-state index contributed by atoms with van der Waals surface area (Å²) in [6.07, 6.45) is 0. The van der Waals surface area contributed by atoms with Gasteiger partial charge in [-0.05, 0) is 23.3 Å². The average molecular weight is 398 g/mol. The predicted octanol–water partition coefficient (Wildman–Crippen LogP) is 5.18. The van der Waals surface area contributed by atoms with Gasteiger partial charge in [-0.2, -0.15) is 0 Å². The molecule has 4 heteroatoms. The number of rotatable bonds is 4. The van der Waals surface area contributed by atoms with Crippen molar-refractivity contribution in [2.75, 3.05) is 0 Å². The monoisotopic (exact) mass is 396 g/mol. The average Bonchev–Trinajstić information content (AvgIpc) is 2.47. The molecule has 2 aromatic carbocycles. The molecule has 2 unspecified atom stereocenters. The van der Waals surface area contributed by atoms with Gasteiger partial charge in [0, 0.05) is 6.92 Å². The van der Waals surface area contributed by atoms with E-state index in [0.717, 1.165) is 5.56 Å². The Hall–Kier alpha value is -1.13. The maximum absolute atomic E-state index is 10.9. The number of benzene rings is 2. The molecule has 0 saturated carbocycles. The van der Waals surface area contributed by atoms with E-state index in [1.54, 1.807) is 12.1 Å². The van der Waals surface area contributed by atoms with Crippen LogP contribution in [0.1, 0.15) is 27.7 Å². The third-order valence-corrected chi connectivity index (χ3v) is 5.66. The molecule has 0 saturated heterocycles. The van der Waals surface area contributed by atoms with Gasteiger partial charge in [-0.3, -0.25) is 4.79 Å². The topological polar surface area (TPSA) is 26.3 Å². The molecule has 2 atom stereocenters. The Kier molecular flexibility index (Phi) is 5.38. The van der Waals surface area contributed by atoms with Gasteiger partial charge in [0.2, 0.25) is 0 Å². The summed E-state index contributed by atoms with van der Waals surface area (Å²) in [5, 5.41) is 0. The van der Waals surface area contributed by atoms with Gasteiger partial charge in [0.05, 0.1) is 9.65 Å². The highest BCUT2D eigenvalue weighted by atomic mass is 79.9. The van der Waals surface area contributed by atoms with E-state index in [9.17, 15) is 4.79 Å². The minimum absolute atomic E-state index is 0.135. The van der Waals surface area contributed by atoms with Crippen LogP contribution in [-0.4, -0.2) is 5.97 Å². The summed E-state index contributed by atoms with van der Waals surface area (Å²) in [6.45, 7) is 1.39. The third kappa shape index (κ3) is 3.93. The molecule has 0 aliphatic heterocycles. The number of carbonyl (C=O) groups is 1. The van der Waals surface area contributed by atoms with Gasteiger partial charge in [0.25, 0.3) is 0 Å². The van der Waals surface area contributed by atoms with Crippen LogP contribution >= 0.6 is 31.9 Å². The van der Waals surface area contributed by atoms with Gasteiger partial charge < -0.3 is 4.74 Å². The van der Waals surface area contributed by atoms with Crippen LogP contribution in [0.5, 0.6) is 5.75 Å². The van der Waals surface area contributed by atoms with Crippen LogP contribution < -0.4 is 4.74 Å². The second-order valence-corrected chi connectivity index (χ2v) is 6.35. The van der Waals surface area contributed by atoms with E-state index in [-0.39, 0.29) is 15.6 Å². The van der Waals surface area contributed by atoms with Gasteiger partial charge in [-0.1, -0.05) is 74.3 Å². The van der Waals surface area contributed by atoms with Crippen molar-refractivity contribution < 1.29 is 9.53 Å².